The summed E-state index contributed by atoms with van der Waals surface area (Å²) in [6.45, 7) is 12.8. The van der Waals surface area contributed by atoms with Crippen LogP contribution in [0.1, 0.15) is 63.2 Å². The predicted molar refractivity (Wildman–Crippen MR) is 181 cm³/mol. The number of benzene rings is 4. The molecule has 0 spiro atoms. The Morgan fingerprint density at radius 3 is 2.02 bits per heavy atom. The van der Waals surface area contributed by atoms with Crippen molar-refractivity contribution in [3.63, 3.8) is 0 Å². The minimum atomic E-state index is -1.09. The molecule has 0 aliphatic heterocycles. The van der Waals surface area contributed by atoms with Gasteiger partial charge < -0.3 is 10.2 Å². The topological polar surface area (TPSA) is 88.2 Å². The van der Waals surface area contributed by atoms with Gasteiger partial charge in [0.1, 0.15) is 17.3 Å². The van der Waals surface area contributed by atoms with Crippen molar-refractivity contribution < 1.29 is 36.1 Å². The van der Waals surface area contributed by atoms with Gasteiger partial charge in [-0.1, -0.05) is 114 Å². The third kappa shape index (κ3) is 6.02. The van der Waals surface area contributed by atoms with E-state index in [0.717, 1.165) is 33.5 Å². The van der Waals surface area contributed by atoms with Crippen LogP contribution in [0, 0.1) is 0 Å². The monoisotopic (exact) mass is 790 g/mol. The van der Waals surface area contributed by atoms with Gasteiger partial charge in [0.25, 0.3) is 0 Å². The maximum atomic E-state index is 12.0. The van der Waals surface area contributed by atoms with Gasteiger partial charge in [-0.15, -0.1) is 0 Å². The SMILES string of the molecule is CC(C)(C)c1cc(-c2nc3c(-c4cccc(C(=O)O)n4)cccc3n2-c2ccccc2-c2ccccc2)c(O)c(C(C)(C)C)c1.[Pt]. The molecule has 0 atom stereocenters. The number of carbonyl (C=O) groups is 1. The normalized spacial score (nSPS) is 11.8. The van der Waals surface area contributed by atoms with Crippen LogP contribution in [0.4, 0.5) is 0 Å². The van der Waals surface area contributed by atoms with Crippen molar-refractivity contribution in [1.29, 1.82) is 0 Å². The molecule has 2 heterocycles. The van der Waals surface area contributed by atoms with Crippen LogP contribution in [0.5, 0.6) is 5.75 Å². The van der Waals surface area contributed by atoms with E-state index in [9.17, 15) is 15.0 Å². The Morgan fingerprint density at radius 2 is 1.35 bits per heavy atom. The van der Waals surface area contributed by atoms with E-state index in [4.69, 9.17) is 4.98 Å². The molecule has 2 aromatic heterocycles. The number of pyridine rings is 1. The number of para-hydroxylation sites is 2. The van der Waals surface area contributed by atoms with E-state index < -0.39 is 5.97 Å². The van der Waals surface area contributed by atoms with Crippen LogP contribution >= 0.6 is 0 Å². The van der Waals surface area contributed by atoms with Gasteiger partial charge in [0.05, 0.1) is 28.0 Å². The fourth-order valence-corrected chi connectivity index (χ4v) is 5.77. The van der Waals surface area contributed by atoms with Crippen LogP contribution in [-0.2, 0) is 31.9 Å². The van der Waals surface area contributed by atoms with Gasteiger partial charge in [-0.05, 0) is 52.3 Å². The molecule has 4 aromatic carbocycles. The summed E-state index contributed by atoms with van der Waals surface area (Å²) in [5.74, 6) is -0.313. The molecule has 0 saturated carbocycles. The Kier molecular flexibility index (Phi) is 8.81. The number of nitrogens with zero attached hydrogens (tertiary/aromatic N) is 3. The quantitative estimate of drug-likeness (QED) is 0.182. The number of carboxylic acid groups (broad SMARTS) is 1. The molecule has 236 valence electrons. The number of phenolic OH excluding ortho intramolecular Hbond substituents is 1. The second-order valence-corrected chi connectivity index (χ2v) is 13.5. The third-order valence-electron chi connectivity index (χ3n) is 8.18. The van der Waals surface area contributed by atoms with E-state index in [1.54, 1.807) is 12.1 Å². The Morgan fingerprint density at radius 1 is 0.696 bits per heavy atom. The summed E-state index contributed by atoms with van der Waals surface area (Å²) in [4.78, 5) is 21.5. The Labute approximate surface area is 284 Å². The summed E-state index contributed by atoms with van der Waals surface area (Å²) in [7, 11) is 0. The standard InChI is InChI=1S/C39H37N3O3.Pt/c1-38(2,3)25-22-28(35(43)29(23-25)39(4,5)6)36-41-34-27(30-18-13-19-31(40-30)37(44)45)17-12-21-33(34)42(36)32-20-11-10-16-26(32)24-14-8-7-9-15-24;/h7-23,43H,1-6H3,(H,44,45);. The Balaban J connectivity index is 0.00000417. The zero-order valence-corrected chi connectivity index (χ0v) is 29.0. The van der Waals surface area contributed by atoms with Crippen LogP contribution in [0.2, 0.25) is 0 Å². The van der Waals surface area contributed by atoms with Gasteiger partial charge in [-0.3, -0.25) is 4.57 Å². The van der Waals surface area contributed by atoms with Gasteiger partial charge in [-0.25, -0.2) is 14.8 Å². The maximum Gasteiger partial charge on any atom is 0.354 e. The summed E-state index contributed by atoms with van der Waals surface area (Å²) < 4.78 is 2.11. The van der Waals surface area contributed by atoms with E-state index in [1.165, 1.54) is 6.07 Å². The molecule has 0 bridgehead atoms. The Hall–Kier alpha value is -4.54. The summed E-state index contributed by atoms with van der Waals surface area (Å²) in [5.41, 5.74) is 7.66. The van der Waals surface area contributed by atoms with Crippen molar-refractivity contribution in [2.75, 3.05) is 0 Å². The van der Waals surface area contributed by atoms with E-state index in [2.05, 4.69) is 87.5 Å². The van der Waals surface area contributed by atoms with Crippen molar-refractivity contribution in [3.05, 3.63) is 120 Å². The molecule has 6 nitrogen and oxygen atoms in total. The van der Waals surface area contributed by atoms with Crippen LogP contribution in [0.25, 0.3) is 50.5 Å². The average Bonchev–Trinajstić information content (AvgIpc) is 3.40. The molecule has 7 heteroatoms. The Bertz CT molecular complexity index is 2070. The van der Waals surface area contributed by atoms with Crippen molar-refractivity contribution >= 4 is 17.0 Å². The fraction of sp³-hybridized carbons (Fsp3) is 0.205. The van der Waals surface area contributed by atoms with Gasteiger partial charge in [0.2, 0.25) is 0 Å². The molecule has 0 saturated heterocycles. The van der Waals surface area contributed by atoms with Crippen LogP contribution in [-0.4, -0.2) is 30.7 Å². The number of hydrogen-bond acceptors (Lipinski definition) is 4. The number of aromatic nitrogens is 3. The molecular weight excluding hydrogens is 754 g/mol. The number of carboxylic acids is 1. The van der Waals surface area contributed by atoms with E-state index in [0.29, 0.717) is 28.2 Å². The van der Waals surface area contributed by atoms with E-state index in [-0.39, 0.29) is 43.3 Å². The zero-order chi connectivity index (χ0) is 32.1. The second-order valence-electron chi connectivity index (χ2n) is 13.5. The summed E-state index contributed by atoms with van der Waals surface area (Å²) in [6, 6.07) is 33.4. The van der Waals surface area contributed by atoms with E-state index >= 15 is 0 Å². The molecule has 6 rings (SSSR count). The first kappa shape index (κ1) is 32.8. The van der Waals surface area contributed by atoms with E-state index in [1.807, 2.05) is 48.5 Å². The average molecular weight is 791 g/mol. The van der Waals surface area contributed by atoms with Gasteiger partial charge in [-0.2, -0.15) is 0 Å². The number of imidazole rings is 1. The summed E-state index contributed by atoms with van der Waals surface area (Å²) in [5, 5.41) is 21.7. The van der Waals surface area contributed by atoms with Crippen molar-refractivity contribution in [1.82, 2.24) is 14.5 Å². The third-order valence-corrected chi connectivity index (χ3v) is 8.18. The van der Waals surface area contributed by atoms with Gasteiger partial charge >= 0.3 is 5.97 Å². The van der Waals surface area contributed by atoms with Crippen LogP contribution < -0.4 is 0 Å². The van der Waals surface area contributed by atoms with Crippen LogP contribution in [0.15, 0.2) is 103 Å². The smallest absolute Gasteiger partial charge is 0.354 e. The minimum Gasteiger partial charge on any atom is -0.507 e. The number of hydrogen-bond donors (Lipinski definition) is 2. The fourth-order valence-electron chi connectivity index (χ4n) is 5.77. The van der Waals surface area contributed by atoms with Crippen LogP contribution in [0.3, 0.4) is 0 Å². The number of fused-ring (bicyclic) bond motifs is 1. The van der Waals surface area contributed by atoms with Crippen molar-refractivity contribution in [3.8, 4) is 45.2 Å². The molecule has 0 aliphatic rings. The molecular formula is C39H37N3O3Pt. The number of rotatable bonds is 5. The number of aromatic carboxylic acids is 1. The molecule has 0 unspecified atom stereocenters. The second kappa shape index (κ2) is 12.3. The first-order valence-electron chi connectivity index (χ1n) is 15.1. The summed E-state index contributed by atoms with van der Waals surface area (Å²) in [6.07, 6.45) is 0. The predicted octanol–water partition coefficient (Wildman–Crippen LogP) is 9.42. The van der Waals surface area contributed by atoms with Gasteiger partial charge in [0.15, 0.2) is 0 Å². The molecule has 0 amide bonds. The maximum absolute atomic E-state index is 12.0. The molecule has 0 radical (unpaired) electrons. The molecule has 2 N–H and O–H groups in total. The molecule has 0 fully saturated rings. The first-order valence-corrected chi connectivity index (χ1v) is 15.1. The molecule has 46 heavy (non-hydrogen) atoms. The first-order chi connectivity index (χ1) is 21.3. The zero-order valence-electron chi connectivity index (χ0n) is 26.8. The summed E-state index contributed by atoms with van der Waals surface area (Å²) >= 11 is 0. The number of phenols is 1. The van der Waals surface area contributed by atoms with Crippen molar-refractivity contribution in [2.24, 2.45) is 0 Å². The minimum absolute atomic E-state index is 0. The largest absolute Gasteiger partial charge is 0.507 e. The number of aromatic hydroxyl groups is 1. The molecule has 6 aromatic rings. The molecule has 0 aliphatic carbocycles. The van der Waals surface area contributed by atoms with Crippen molar-refractivity contribution in [2.45, 2.75) is 52.4 Å². The van der Waals surface area contributed by atoms with Gasteiger partial charge in [0, 0.05) is 37.8 Å².